The second-order valence-electron chi connectivity index (χ2n) is 10.7. The van der Waals surface area contributed by atoms with Gasteiger partial charge in [0.05, 0.1) is 43.1 Å². The third-order valence-electron chi connectivity index (χ3n) is 7.97. The lowest BCUT2D eigenvalue weighted by atomic mass is 9.57. The van der Waals surface area contributed by atoms with Gasteiger partial charge >= 0.3 is 5.97 Å². The highest BCUT2D eigenvalue weighted by atomic mass is 35.5. The van der Waals surface area contributed by atoms with E-state index in [1.807, 2.05) is 30.3 Å². The van der Waals surface area contributed by atoms with Gasteiger partial charge in [-0.15, -0.1) is 0 Å². The van der Waals surface area contributed by atoms with Gasteiger partial charge in [-0.1, -0.05) is 48.0 Å². The summed E-state index contributed by atoms with van der Waals surface area (Å²) in [5, 5.41) is 4.24. The van der Waals surface area contributed by atoms with E-state index in [0.29, 0.717) is 21.7 Å². The van der Waals surface area contributed by atoms with E-state index in [1.165, 1.54) is 12.5 Å². The zero-order chi connectivity index (χ0) is 25.9. The number of esters is 1. The van der Waals surface area contributed by atoms with Gasteiger partial charge in [0, 0.05) is 30.7 Å². The fraction of sp³-hybridized carbons (Fsp3) is 0.448. The van der Waals surface area contributed by atoms with Crippen LogP contribution >= 0.6 is 23.2 Å². The van der Waals surface area contributed by atoms with Gasteiger partial charge in [0.15, 0.2) is 0 Å². The van der Waals surface area contributed by atoms with Crippen LogP contribution in [-0.2, 0) is 21.4 Å². The van der Waals surface area contributed by atoms with Gasteiger partial charge in [-0.3, -0.25) is 9.59 Å². The second kappa shape index (κ2) is 11.0. The summed E-state index contributed by atoms with van der Waals surface area (Å²) < 4.78 is 6.41. The summed E-state index contributed by atoms with van der Waals surface area (Å²) in [6, 6.07) is 13.4. The minimum Gasteiger partial charge on any atom is -0.427 e. The average molecular weight is 531 g/mol. The number of hydrogen-bond donors (Lipinski definition) is 1. The van der Waals surface area contributed by atoms with Crippen LogP contribution in [0, 0.1) is 5.92 Å². The van der Waals surface area contributed by atoms with Crippen LogP contribution in [0.2, 0.25) is 10.0 Å². The summed E-state index contributed by atoms with van der Waals surface area (Å²) in [4.78, 5) is 24.6. The van der Waals surface area contributed by atoms with Crippen molar-refractivity contribution < 1.29 is 18.8 Å². The van der Waals surface area contributed by atoms with Crippen LogP contribution in [0.5, 0.6) is 5.75 Å². The predicted octanol–water partition coefficient (Wildman–Crippen LogP) is 5.72. The highest BCUT2D eigenvalue weighted by Gasteiger charge is 2.52. The Balaban J connectivity index is 1.56. The second-order valence-corrected chi connectivity index (χ2v) is 11.5. The molecular formula is C29H35Cl2N2O3+. The van der Waals surface area contributed by atoms with Gasteiger partial charge in [0.1, 0.15) is 5.75 Å². The molecule has 1 heterocycles. The third kappa shape index (κ3) is 5.96. The van der Waals surface area contributed by atoms with E-state index in [0.717, 1.165) is 55.4 Å². The van der Waals surface area contributed by atoms with E-state index in [9.17, 15) is 9.59 Å². The van der Waals surface area contributed by atoms with E-state index in [2.05, 4.69) is 25.0 Å². The van der Waals surface area contributed by atoms with E-state index < -0.39 is 0 Å². The normalized spacial score (nSPS) is 27.6. The molecular weight excluding hydrogens is 495 g/mol. The molecule has 192 valence electrons. The van der Waals surface area contributed by atoms with Gasteiger partial charge in [-0.25, -0.2) is 0 Å². The van der Waals surface area contributed by atoms with Gasteiger partial charge in [0.25, 0.3) is 0 Å². The molecule has 1 N–H and O–H groups in total. The van der Waals surface area contributed by atoms with Crippen molar-refractivity contribution in [2.24, 2.45) is 5.92 Å². The first-order valence-corrected chi connectivity index (χ1v) is 13.3. The largest absolute Gasteiger partial charge is 0.427 e. The fourth-order valence-electron chi connectivity index (χ4n) is 6.30. The lowest BCUT2D eigenvalue weighted by Gasteiger charge is -2.55. The molecule has 1 aliphatic heterocycles. The van der Waals surface area contributed by atoms with Crippen molar-refractivity contribution in [1.29, 1.82) is 0 Å². The molecule has 4 rings (SSSR count). The molecule has 4 atom stereocenters. The number of fused-ring (bicyclic) bond motifs is 1. The van der Waals surface area contributed by atoms with Crippen LogP contribution in [0.3, 0.4) is 0 Å². The zero-order valence-electron chi connectivity index (χ0n) is 21.1. The number of quaternary nitrogens is 1. The van der Waals surface area contributed by atoms with Gasteiger partial charge < -0.3 is 14.5 Å². The van der Waals surface area contributed by atoms with Crippen LogP contribution < -0.4 is 10.1 Å². The molecule has 5 nitrogen and oxygen atoms in total. The summed E-state index contributed by atoms with van der Waals surface area (Å²) in [6.07, 6.45) is 6.12. The van der Waals surface area contributed by atoms with Crippen LogP contribution in [0.15, 0.2) is 55.1 Å². The minimum absolute atomic E-state index is 0.0104. The van der Waals surface area contributed by atoms with E-state index >= 15 is 0 Å². The Morgan fingerprint density at radius 2 is 2.00 bits per heavy atom. The maximum Gasteiger partial charge on any atom is 0.308 e. The highest BCUT2D eigenvalue weighted by molar-refractivity contribution is 6.42. The number of piperidine rings is 1. The Morgan fingerprint density at radius 3 is 2.72 bits per heavy atom. The molecule has 2 fully saturated rings. The van der Waals surface area contributed by atoms with Gasteiger partial charge in [-0.2, -0.15) is 0 Å². The number of hydrogen-bond acceptors (Lipinski definition) is 3. The number of carbonyl (C=O) groups is 2. The summed E-state index contributed by atoms with van der Waals surface area (Å²) in [7, 11) is 2.31. The first kappa shape index (κ1) is 26.7. The van der Waals surface area contributed by atoms with Crippen molar-refractivity contribution in [2.75, 3.05) is 26.7 Å². The van der Waals surface area contributed by atoms with Gasteiger partial charge in [0.2, 0.25) is 5.91 Å². The van der Waals surface area contributed by atoms with E-state index in [4.69, 9.17) is 27.9 Å². The molecule has 0 spiro atoms. The molecule has 2 aromatic rings. The quantitative estimate of drug-likeness (QED) is 0.216. The maximum absolute atomic E-state index is 13.0. The Bertz CT molecular complexity index is 1150. The van der Waals surface area contributed by atoms with Crippen molar-refractivity contribution in [1.82, 2.24) is 5.32 Å². The molecule has 1 unspecified atom stereocenters. The first-order chi connectivity index (χ1) is 17.1. The molecule has 0 bridgehead atoms. The van der Waals surface area contributed by atoms with E-state index in [1.54, 1.807) is 12.1 Å². The SMILES string of the molecule is C=CC[N@@+]1(C)CC[C@@]2(c3cccc(OC(C)=O)c3)C[C@H](NC(=O)Cc3ccc(Cl)c(Cl)c3)CCC2C1. The summed E-state index contributed by atoms with van der Waals surface area (Å²) in [5.74, 6) is 0.708. The average Bonchev–Trinajstić information content (AvgIpc) is 2.81. The fourth-order valence-corrected chi connectivity index (χ4v) is 6.62. The van der Waals surface area contributed by atoms with Crippen LogP contribution in [0.25, 0.3) is 0 Å². The Kier molecular flexibility index (Phi) is 8.13. The van der Waals surface area contributed by atoms with Crippen molar-refractivity contribution in [3.05, 3.63) is 76.3 Å². The van der Waals surface area contributed by atoms with Crippen molar-refractivity contribution in [3.8, 4) is 5.75 Å². The summed E-state index contributed by atoms with van der Waals surface area (Å²) in [6.45, 7) is 8.45. The summed E-state index contributed by atoms with van der Waals surface area (Å²) in [5.41, 5.74) is 1.95. The first-order valence-electron chi connectivity index (χ1n) is 12.6. The number of ether oxygens (including phenoxy) is 1. The molecule has 7 heteroatoms. The molecule has 36 heavy (non-hydrogen) atoms. The standard InChI is InChI=1S/C29H34Cl2N2O3/c1-4-13-33(3)14-12-29(22-6-5-7-25(17-22)36-20(2)34)18-24(10-9-23(29)19-33)32-28(35)16-21-8-11-26(30)27(31)15-21/h4-8,11,15,17,23-24H,1,9-10,12-14,16,18-19H2,2-3H3/p+1/t23?,24-,29+,33+/m1/s1. The van der Waals surface area contributed by atoms with Crippen molar-refractivity contribution in [3.63, 3.8) is 0 Å². The minimum atomic E-state index is -0.323. The number of carbonyl (C=O) groups excluding carboxylic acids is 2. The van der Waals surface area contributed by atoms with E-state index in [-0.39, 0.29) is 29.8 Å². The lowest BCUT2D eigenvalue weighted by molar-refractivity contribution is -0.914. The molecule has 1 amide bonds. The Labute approximate surface area is 224 Å². The lowest BCUT2D eigenvalue weighted by Crippen LogP contribution is -2.62. The number of nitrogens with zero attached hydrogens (tertiary/aromatic N) is 1. The predicted molar refractivity (Wildman–Crippen MR) is 144 cm³/mol. The Hall–Kier alpha value is -2.34. The number of amides is 1. The molecule has 1 saturated heterocycles. The molecule has 0 radical (unpaired) electrons. The highest BCUT2D eigenvalue weighted by Crippen LogP contribution is 2.50. The monoisotopic (exact) mass is 529 g/mol. The molecule has 1 saturated carbocycles. The van der Waals surface area contributed by atoms with Crippen LogP contribution in [0.1, 0.15) is 43.7 Å². The van der Waals surface area contributed by atoms with Gasteiger partial charge in [-0.05, 0) is 60.7 Å². The number of likely N-dealkylation sites (tertiary alicyclic amines) is 1. The summed E-state index contributed by atoms with van der Waals surface area (Å²) >= 11 is 12.2. The molecule has 1 aliphatic carbocycles. The molecule has 2 aliphatic rings. The smallest absolute Gasteiger partial charge is 0.308 e. The number of benzene rings is 2. The maximum atomic E-state index is 13.0. The molecule has 0 aromatic heterocycles. The number of rotatable bonds is 7. The third-order valence-corrected chi connectivity index (χ3v) is 8.71. The van der Waals surface area contributed by atoms with Crippen molar-refractivity contribution >= 4 is 35.1 Å². The molecule has 2 aromatic carbocycles. The number of halogens is 2. The van der Waals surface area contributed by atoms with Crippen LogP contribution in [-0.4, -0.2) is 49.1 Å². The van der Waals surface area contributed by atoms with Crippen molar-refractivity contribution in [2.45, 2.75) is 50.5 Å². The Morgan fingerprint density at radius 1 is 1.19 bits per heavy atom. The number of nitrogens with one attached hydrogen (secondary N) is 1. The topological polar surface area (TPSA) is 55.4 Å². The van der Waals surface area contributed by atoms with Crippen LogP contribution in [0.4, 0.5) is 0 Å². The number of likely N-dealkylation sites (N-methyl/N-ethyl adjacent to an activating group) is 1. The zero-order valence-corrected chi connectivity index (χ0v) is 22.6.